The predicted octanol–water partition coefficient (Wildman–Crippen LogP) is 3.48. The van der Waals surface area contributed by atoms with Crippen molar-refractivity contribution in [2.75, 3.05) is 13.1 Å². The Balaban J connectivity index is 1.30. The first-order valence-electron chi connectivity index (χ1n) is 11.9. The lowest BCUT2D eigenvalue weighted by atomic mass is 10.1. The minimum Gasteiger partial charge on any atom is -0.471 e. The molecule has 10 nitrogen and oxygen atoms in total. The number of fused-ring (bicyclic) bond motifs is 1. The van der Waals surface area contributed by atoms with Gasteiger partial charge in [-0.25, -0.2) is 14.8 Å². The van der Waals surface area contributed by atoms with Crippen molar-refractivity contribution in [3.05, 3.63) is 54.1 Å². The summed E-state index contributed by atoms with van der Waals surface area (Å²) in [7, 11) is 1.93. The zero-order chi connectivity index (χ0) is 24.5. The maximum atomic E-state index is 12.8. The number of aryl methyl sites for hydroxylation is 2. The van der Waals surface area contributed by atoms with Gasteiger partial charge >= 0.3 is 6.03 Å². The van der Waals surface area contributed by atoms with Crippen molar-refractivity contribution in [3.63, 3.8) is 0 Å². The van der Waals surface area contributed by atoms with E-state index in [0.717, 1.165) is 35.6 Å². The number of nitrogens with zero attached hydrogens (tertiary/aromatic N) is 7. The van der Waals surface area contributed by atoms with Crippen LogP contribution in [0.15, 0.2) is 42.9 Å². The fraction of sp³-hybridized carbons (Fsp3) is 0.400. The van der Waals surface area contributed by atoms with E-state index in [1.807, 2.05) is 66.7 Å². The molecule has 0 bridgehead atoms. The van der Waals surface area contributed by atoms with Crippen molar-refractivity contribution in [2.24, 2.45) is 7.05 Å². The lowest BCUT2D eigenvalue weighted by Crippen LogP contribution is -2.40. The van der Waals surface area contributed by atoms with Gasteiger partial charge in [-0.05, 0) is 26.3 Å². The van der Waals surface area contributed by atoms with Crippen molar-refractivity contribution >= 4 is 17.2 Å². The van der Waals surface area contributed by atoms with Gasteiger partial charge in [-0.2, -0.15) is 10.1 Å². The summed E-state index contributed by atoms with van der Waals surface area (Å²) < 4.78 is 10.1. The molecule has 1 aromatic carbocycles. The number of nitrogens with one attached hydrogen (secondary N) is 1. The SMILES string of the molecule is CCn1ncc(-c2nc3c(O[C@H]4CCN(C(=O)N[C@H](C)c5ccccc5)C4)ncnc3n2C)c1C. The number of likely N-dealkylation sites (tertiary alicyclic amines) is 1. The number of hydrogen-bond donors (Lipinski definition) is 1. The zero-order valence-electron chi connectivity index (χ0n) is 20.5. The normalized spacial score (nSPS) is 16.6. The van der Waals surface area contributed by atoms with Crippen LogP contribution in [0.25, 0.3) is 22.6 Å². The third kappa shape index (κ3) is 4.31. The molecule has 1 saturated heterocycles. The lowest BCUT2D eigenvalue weighted by molar-refractivity contribution is 0.182. The van der Waals surface area contributed by atoms with Crippen LogP contribution in [0, 0.1) is 6.92 Å². The highest BCUT2D eigenvalue weighted by Crippen LogP contribution is 2.30. The van der Waals surface area contributed by atoms with Crippen LogP contribution < -0.4 is 10.1 Å². The van der Waals surface area contributed by atoms with Gasteiger partial charge in [0.05, 0.1) is 24.3 Å². The molecule has 35 heavy (non-hydrogen) atoms. The Labute approximate surface area is 204 Å². The Hall–Kier alpha value is -3.95. The van der Waals surface area contributed by atoms with Crippen LogP contribution in [-0.4, -0.2) is 59.4 Å². The number of imidazole rings is 1. The van der Waals surface area contributed by atoms with Crippen LogP contribution >= 0.6 is 0 Å². The summed E-state index contributed by atoms with van der Waals surface area (Å²) in [5.41, 5.74) is 4.37. The third-order valence-electron chi connectivity index (χ3n) is 6.62. The van der Waals surface area contributed by atoms with Crippen LogP contribution in [0.3, 0.4) is 0 Å². The summed E-state index contributed by atoms with van der Waals surface area (Å²) in [6.07, 6.45) is 3.88. The van der Waals surface area contributed by atoms with Crippen LogP contribution in [0.2, 0.25) is 0 Å². The molecule has 0 unspecified atom stereocenters. The molecule has 10 heteroatoms. The van der Waals surface area contributed by atoms with E-state index >= 15 is 0 Å². The van der Waals surface area contributed by atoms with E-state index in [2.05, 4.69) is 27.3 Å². The summed E-state index contributed by atoms with van der Waals surface area (Å²) >= 11 is 0. The van der Waals surface area contributed by atoms with Crippen molar-refractivity contribution in [2.45, 2.75) is 45.9 Å². The molecule has 1 aliphatic rings. The number of hydrogen-bond acceptors (Lipinski definition) is 6. The smallest absolute Gasteiger partial charge is 0.318 e. The van der Waals surface area contributed by atoms with Gasteiger partial charge in [-0.3, -0.25) is 4.68 Å². The molecule has 2 atom stereocenters. The highest BCUT2D eigenvalue weighted by Gasteiger charge is 2.30. The number of amides is 2. The topological polar surface area (TPSA) is 103 Å². The Morgan fingerprint density at radius 2 is 2.06 bits per heavy atom. The van der Waals surface area contributed by atoms with Crippen molar-refractivity contribution in [1.82, 2.24) is 39.5 Å². The van der Waals surface area contributed by atoms with Gasteiger partial charge < -0.3 is 19.5 Å². The van der Waals surface area contributed by atoms with Crippen molar-refractivity contribution in [1.29, 1.82) is 0 Å². The van der Waals surface area contributed by atoms with E-state index in [9.17, 15) is 4.79 Å². The van der Waals surface area contributed by atoms with E-state index < -0.39 is 0 Å². The van der Waals surface area contributed by atoms with E-state index in [4.69, 9.17) is 9.72 Å². The van der Waals surface area contributed by atoms with E-state index in [1.54, 1.807) is 4.90 Å². The van der Waals surface area contributed by atoms with Gasteiger partial charge in [-0.1, -0.05) is 30.3 Å². The number of benzene rings is 1. The van der Waals surface area contributed by atoms with Gasteiger partial charge in [0.25, 0.3) is 0 Å². The largest absolute Gasteiger partial charge is 0.471 e. The summed E-state index contributed by atoms with van der Waals surface area (Å²) in [5.74, 6) is 1.20. The second-order valence-electron chi connectivity index (χ2n) is 8.86. The Bertz CT molecular complexity index is 1350. The van der Waals surface area contributed by atoms with E-state index in [1.165, 1.54) is 6.33 Å². The first kappa shape index (κ1) is 22.8. The fourth-order valence-electron chi connectivity index (χ4n) is 4.56. The van der Waals surface area contributed by atoms with Crippen molar-refractivity contribution in [3.8, 4) is 17.3 Å². The first-order chi connectivity index (χ1) is 17.0. The predicted molar refractivity (Wildman–Crippen MR) is 132 cm³/mol. The number of aromatic nitrogens is 6. The third-order valence-corrected chi connectivity index (χ3v) is 6.62. The van der Waals surface area contributed by atoms with Gasteiger partial charge in [0.1, 0.15) is 18.3 Å². The average Bonchev–Trinajstić information content (AvgIpc) is 3.57. The molecule has 0 spiro atoms. The first-order valence-corrected chi connectivity index (χ1v) is 11.9. The van der Waals surface area contributed by atoms with Gasteiger partial charge in [0.2, 0.25) is 5.88 Å². The molecule has 0 radical (unpaired) electrons. The Kier molecular flexibility index (Phi) is 6.10. The summed E-state index contributed by atoms with van der Waals surface area (Å²) in [5, 5.41) is 7.52. The lowest BCUT2D eigenvalue weighted by Gasteiger charge is -2.21. The molecular weight excluding hydrogens is 444 g/mol. The molecule has 5 rings (SSSR count). The molecule has 1 fully saturated rings. The van der Waals surface area contributed by atoms with Crippen LogP contribution in [0.4, 0.5) is 4.79 Å². The number of urea groups is 1. The molecule has 4 aromatic rings. The van der Waals surface area contributed by atoms with Crippen LogP contribution in [0.5, 0.6) is 5.88 Å². The molecule has 1 N–H and O–H groups in total. The standard InChI is InChI=1S/C25H30N8O2/c1-5-33-17(3)20(13-28-33)22-30-21-23(31(22)4)26-15-27-24(21)35-19-11-12-32(14-19)25(34)29-16(2)18-9-7-6-8-10-18/h6-10,13,15-16,19H,5,11-12,14H2,1-4H3,(H,29,34)/t16-,19+/m1/s1. The molecule has 182 valence electrons. The minimum absolute atomic E-state index is 0.0717. The maximum Gasteiger partial charge on any atom is 0.318 e. The number of rotatable bonds is 6. The number of carbonyl (C=O) groups excluding carboxylic acids is 1. The average molecular weight is 475 g/mol. The minimum atomic E-state index is -0.166. The Morgan fingerprint density at radius 1 is 1.26 bits per heavy atom. The number of ether oxygens (including phenoxy) is 1. The van der Waals surface area contributed by atoms with Gasteiger partial charge in [-0.15, -0.1) is 0 Å². The molecular formula is C25H30N8O2. The summed E-state index contributed by atoms with van der Waals surface area (Å²) in [6.45, 7) is 7.98. The fourth-order valence-corrected chi connectivity index (χ4v) is 4.56. The van der Waals surface area contributed by atoms with Gasteiger partial charge in [0.15, 0.2) is 11.2 Å². The summed E-state index contributed by atoms with van der Waals surface area (Å²) in [4.78, 5) is 28.2. The van der Waals surface area contributed by atoms with Crippen LogP contribution in [-0.2, 0) is 13.6 Å². The number of carbonyl (C=O) groups is 1. The molecule has 2 amide bonds. The monoisotopic (exact) mass is 474 g/mol. The molecule has 1 aliphatic heterocycles. The maximum absolute atomic E-state index is 12.8. The van der Waals surface area contributed by atoms with Gasteiger partial charge in [0, 0.05) is 32.3 Å². The van der Waals surface area contributed by atoms with E-state index in [0.29, 0.717) is 30.1 Å². The van der Waals surface area contributed by atoms with Crippen molar-refractivity contribution < 1.29 is 9.53 Å². The van der Waals surface area contributed by atoms with Crippen LogP contribution in [0.1, 0.15) is 37.6 Å². The highest BCUT2D eigenvalue weighted by atomic mass is 16.5. The molecule has 4 heterocycles. The van der Waals surface area contributed by atoms with E-state index in [-0.39, 0.29) is 18.2 Å². The summed E-state index contributed by atoms with van der Waals surface area (Å²) in [6, 6.07) is 9.77. The highest BCUT2D eigenvalue weighted by molar-refractivity contribution is 5.81. The molecule has 0 saturated carbocycles. The second kappa shape index (κ2) is 9.36. The quantitative estimate of drug-likeness (QED) is 0.459. The second-order valence-corrected chi connectivity index (χ2v) is 8.86. The molecule has 0 aliphatic carbocycles. The zero-order valence-corrected chi connectivity index (χ0v) is 20.5. The Morgan fingerprint density at radius 3 is 2.80 bits per heavy atom. The molecule has 3 aromatic heterocycles.